The van der Waals surface area contributed by atoms with Crippen LogP contribution in [-0.2, 0) is 19.1 Å². The van der Waals surface area contributed by atoms with Crippen molar-refractivity contribution < 1.29 is 23.9 Å². The van der Waals surface area contributed by atoms with Gasteiger partial charge in [0.15, 0.2) is 5.92 Å². The summed E-state index contributed by atoms with van der Waals surface area (Å²) in [7, 11) is 0. The number of esters is 2. The predicted octanol–water partition coefficient (Wildman–Crippen LogP) is 4.68. The van der Waals surface area contributed by atoms with E-state index in [2.05, 4.69) is 4.99 Å². The molecule has 0 heterocycles. The molecule has 1 atom stereocenters. The summed E-state index contributed by atoms with van der Waals surface area (Å²) in [6, 6.07) is 1.32. The molecule has 0 bridgehead atoms. The Bertz CT molecular complexity index is 746. The van der Waals surface area contributed by atoms with Gasteiger partial charge in [0, 0.05) is 6.21 Å². The molecule has 0 saturated carbocycles. The number of benzene rings is 1. The number of ketones is 1. The Labute approximate surface area is 166 Å². The fourth-order valence-corrected chi connectivity index (χ4v) is 2.61. The van der Waals surface area contributed by atoms with Crippen molar-refractivity contribution in [2.45, 2.75) is 33.8 Å². The van der Waals surface area contributed by atoms with Gasteiger partial charge in [-0.2, -0.15) is 0 Å². The third-order valence-corrected chi connectivity index (χ3v) is 4.19. The van der Waals surface area contributed by atoms with Gasteiger partial charge in [-0.25, -0.2) is 4.79 Å². The van der Waals surface area contributed by atoms with Crippen molar-refractivity contribution in [3.8, 4) is 0 Å². The van der Waals surface area contributed by atoms with E-state index >= 15 is 0 Å². The van der Waals surface area contributed by atoms with E-state index in [-0.39, 0.29) is 39.0 Å². The first-order valence-corrected chi connectivity index (χ1v) is 8.83. The van der Waals surface area contributed by atoms with Gasteiger partial charge >= 0.3 is 11.9 Å². The monoisotopic (exact) mass is 421 g/mol. The first kappa shape index (κ1) is 22.4. The van der Waals surface area contributed by atoms with Crippen molar-refractivity contribution >= 4 is 64.4 Å². The summed E-state index contributed by atoms with van der Waals surface area (Å²) in [5.41, 5.74) is -0.0771. The molecule has 1 unspecified atom stereocenters. The fourth-order valence-electron chi connectivity index (χ4n) is 1.86. The van der Waals surface area contributed by atoms with Crippen LogP contribution in [0.2, 0.25) is 15.1 Å². The molecule has 0 radical (unpaired) electrons. The van der Waals surface area contributed by atoms with Gasteiger partial charge in [0.25, 0.3) is 0 Å². The van der Waals surface area contributed by atoms with Crippen LogP contribution in [0.25, 0.3) is 0 Å². The summed E-state index contributed by atoms with van der Waals surface area (Å²) in [6.45, 7) is 6.30. The molecule has 0 aliphatic heterocycles. The maximum Gasteiger partial charge on any atom is 0.341 e. The summed E-state index contributed by atoms with van der Waals surface area (Å²) in [5.74, 6) is -3.17. The van der Waals surface area contributed by atoms with Crippen molar-refractivity contribution in [2.24, 2.45) is 10.9 Å². The number of halogens is 3. The van der Waals surface area contributed by atoms with Crippen LogP contribution in [0.1, 0.15) is 38.1 Å². The normalized spacial score (nSPS) is 12.3. The largest absolute Gasteiger partial charge is 0.462 e. The number of hydrogen-bond acceptors (Lipinski definition) is 6. The summed E-state index contributed by atoms with van der Waals surface area (Å²) >= 11 is 18.2. The van der Waals surface area contributed by atoms with E-state index in [9.17, 15) is 14.4 Å². The fraction of sp³-hybridized carbons (Fsp3) is 0.412. The van der Waals surface area contributed by atoms with Gasteiger partial charge in [0.05, 0.1) is 33.5 Å². The molecular formula is C17H18Cl3NO5. The van der Waals surface area contributed by atoms with Gasteiger partial charge < -0.3 is 9.47 Å². The van der Waals surface area contributed by atoms with E-state index in [1.165, 1.54) is 13.0 Å². The average molecular weight is 423 g/mol. The van der Waals surface area contributed by atoms with Crippen LogP contribution in [0, 0.1) is 5.92 Å². The predicted molar refractivity (Wildman–Crippen MR) is 101 cm³/mol. The number of hydrogen-bond donors (Lipinski definition) is 0. The van der Waals surface area contributed by atoms with Crippen LogP contribution in [0.5, 0.6) is 0 Å². The Morgan fingerprint density at radius 2 is 1.81 bits per heavy atom. The minimum Gasteiger partial charge on any atom is -0.462 e. The Kier molecular flexibility index (Phi) is 8.53. The topological polar surface area (TPSA) is 82.0 Å². The zero-order valence-corrected chi connectivity index (χ0v) is 16.9. The van der Waals surface area contributed by atoms with E-state index < -0.39 is 23.6 Å². The lowest BCUT2D eigenvalue weighted by Crippen LogP contribution is -2.27. The van der Waals surface area contributed by atoms with Gasteiger partial charge in [-0.3, -0.25) is 14.6 Å². The Balaban J connectivity index is 3.30. The van der Waals surface area contributed by atoms with Crippen molar-refractivity contribution in [3.05, 3.63) is 26.7 Å². The molecule has 0 aliphatic carbocycles. The second-order valence-corrected chi connectivity index (χ2v) is 6.62. The Morgan fingerprint density at radius 3 is 2.31 bits per heavy atom. The van der Waals surface area contributed by atoms with Crippen molar-refractivity contribution in [1.82, 2.24) is 0 Å². The molecule has 1 aromatic carbocycles. The number of rotatable bonds is 7. The second kappa shape index (κ2) is 9.90. The minimum absolute atomic E-state index is 0.0235. The molecule has 0 aromatic heterocycles. The van der Waals surface area contributed by atoms with Crippen molar-refractivity contribution in [1.29, 1.82) is 0 Å². The van der Waals surface area contributed by atoms with Gasteiger partial charge in [-0.1, -0.05) is 34.8 Å². The molecule has 0 amide bonds. The van der Waals surface area contributed by atoms with Gasteiger partial charge in [-0.05, 0) is 33.8 Å². The molecule has 1 rings (SSSR count). The Hall–Kier alpha value is -1.63. The molecule has 6 nitrogen and oxygen atoms in total. The smallest absolute Gasteiger partial charge is 0.341 e. The Morgan fingerprint density at radius 1 is 1.19 bits per heavy atom. The first-order valence-electron chi connectivity index (χ1n) is 7.69. The number of carbonyl (C=O) groups is 3. The molecule has 0 N–H and O–H groups in total. The third kappa shape index (κ3) is 5.69. The van der Waals surface area contributed by atoms with E-state index in [1.807, 2.05) is 0 Å². The lowest BCUT2D eigenvalue weighted by molar-refractivity contribution is -0.151. The van der Waals surface area contributed by atoms with Gasteiger partial charge in [0.2, 0.25) is 0 Å². The van der Waals surface area contributed by atoms with Crippen molar-refractivity contribution in [2.75, 3.05) is 6.61 Å². The average Bonchev–Trinajstić information content (AvgIpc) is 2.51. The summed E-state index contributed by atoms with van der Waals surface area (Å²) in [6.07, 6.45) is 0.703. The van der Waals surface area contributed by atoms with Crippen molar-refractivity contribution in [3.63, 3.8) is 0 Å². The first-order chi connectivity index (χ1) is 12.1. The van der Waals surface area contributed by atoms with E-state index in [1.54, 1.807) is 20.8 Å². The highest BCUT2D eigenvalue weighted by atomic mass is 35.5. The van der Waals surface area contributed by atoms with Crippen LogP contribution in [0.4, 0.5) is 5.69 Å². The summed E-state index contributed by atoms with van der Waals surface area (Å²) < 4.78 is 9.92. The lowest BCUT2D eigenvalue weighted by atomic mass is 10.1. The maximum absolute atomic E-state index is 12.0. The van der Waals surface area contributed by atoms with E-state index in [0.29, 0.717) is 0 Å². The highest BCUT2D eigenvalue weighted by molar-refractivity contribution is 6.47. The quantitative estimate of drug-likeness (QED) is 0.276. The SMILES string of the molecule is CCOC(=O)c1c(Cl)c(Cl)cc(N=CC(C(C)=O)C(=O)OC(C)C)c1Cl. The van der Waals surface area contributed by atoms with E-state index in [0.717, 1.165) is 6.21 Å². The highest BCUT2D eigenvalue weighted by Gasteiger charge is 2.25. The summed E-state index contributed by atoms with van der Waals surface area (Å²) in [5, 5.41) is -0.152. The second-order valence-electron chi connectivity index (χ2n) is 5.45. The highest BCUT2D eigenvalue weighted by Crippen LogP contribution is 2.39. The lowest BCUT2D eigenvalue weighted by Gasteiger charge is -2.13. The molecule has 26 heavy (non-hydrogen) atoms. The van der Waals surface area contributed by atoms with Crippen LogP contribution in [0.15, 0.2) is 11.1 Å². The minimum atomic E-state index is -1.21. The molecule has 0 fully saturated rings. The standard InChI is InChI=1S/C17H18Cl3NO5/c1-5-25-17(24)13-14(19)11(18)6-12(15(13)20)21-7-10(9(4)22)16(23)26-8(2)3/h6-8,10H,5H2,1-4H3. The number of nitrogens with zero attached hydrogens (tertiary/aromatic N) is 1. The van der Waals surface area contributed by atoms with E-state index in [4.69, 9.17) is 44.3 Å². The molecule has 0 saturated heterocycles. The van der Waals surface area contributed by atoms with Crippen LogP contribution < -0.4 is 0 Å². The van der Waals surface area contributed by atoms with Crippen LogP contribution in [0.3, 0.4) is 0 Å². The molecule has 9 heteroatoms. The number of Topliss-reactive ketones (excluding diaryl/α,β-unsaturated/α-hetero) is 1. The zero-order valence-electron chi connectivity index (χ0n) is 14.6. The molecule has 142 valence electrons. The zero-order chi connectivity index (χ0) is 20.0. The summed E-state index contributed by atoms with van der Waals surface area (Å²) in [4.78, 5) is 39.8. The molecule has 1 aromatic rings. The third-order valence-electron chi connectivity index (χ3n) is 3.02. The number of carbonyl (C=O) groups excluding carboxylic acids is 3. The number of ether oxygens (including phenoxy) is 2. The molecular weight excluding hydrogens is 405 g/mol. The number of aliphatic imine (C=N–C) groups is 1. The molecule has 0 spiro atoms. The van der Waals surface area contributed by atoms with Crippen LogP contribution in [-0.4, -0.2) is 36.6 Å². The van der Waals surface area contributed by atoms with Gasteiger partial charge in [-0.15, -0.1) is 0 Å². The molecule has 0 aliphatic rings. The van der Waals surface area contributed by atoms with Gasteiger partial charge in [0.1, 0.15) is 11.3 Å². The van der Waals surface area contributed by atoms with Crippen LogP contribution >= 0.6 is 34.8 Å². The maximum atomic E-state index is 12.0.